The Labute approximate surface area is 139 Å². The van der Waals surface area contributed by atoms with Gasteiger partial charge in [-0.15, -0.1) is 0 Å². The second-order valence-corrected chi connectivity index (χ2v) is 5.32. The van der Waals surface area contributed by atoms with E-state index in [1.165, 1.54) is 12.1 Å². The lowest BCUT2D eigenvalue weighted by Crippen LogP contribution is -2.03. The lowest BCUT2D eigenvalue weighted by atomic mass is 10.2. The molecule has 122 valence electrons. The molecule has 5 nitrogen and oxygen atoms in total. The summed E-state index contributed by atoms with van der Waals surface area (Å²) in [5, 5.41) is 8.87. The normalized spacial score (nSPS) is 10.5. The fraction of sp³-hybridized carbons (Fsp3) is 0.158. The summed E-state index contributed by atoms with van der Waals surface area (Å²) in [6, 6.07) is 16.1. The van der Waals surface area contributed by atoms with Crippen molar-refractivity contribution in [2.24, 2.45) is 0 Å². The van der Waals surface area contributed by atoms with Crippen LogP contribution >= 0.6 is 0 Å². The van der Waals surface area contributed by atoms with E-state index in [1.807, 2.05) is 37.3 Å². The number of ether oxygens (including phenoxy) is 1. The van der Waals surface area contributed by atoms with Crippen LogP contribution in [0.5, 0.6) is 5.75 Å². The predicted octanol–water partition coefficient (Wildman–Crippen LogP) is 3.97. The molecule has 3 aromatic rings. The van der Waals surface area contributed by atoms with Gasteiger partial charge in [0.2, 0.25) is 5.89 Å². The van der Waals surface area contributed by atoms with E-state index in [2.05, 4.69) is 4.98 Å². The number of nitrogens with zero attached hydrogens (tertiary/aromatic N) is 1. The van der Waals surface area contributed by atoms with Crippen molar-refractivity contribution < 1.29 is 19.1 Å². The summed E-state index contributed by atoms with van der Waals surface area (Å²) in [4.78, 5) is 15.3. The lowest BCUT2D eigenvalue weighted by Gasteiger charge is -2.05. The van der Waals surface area contributed by atoms with Crippen molar-refractivity contribution in [1.82, 2.24) is 4.98 Å². The first-order valence-electron chi connectivity index (χ1n) is 7.61. The summed E-state index contributed by atoms with van der Waals surface area (Å²) in [5.74, 6) is 1.06. The minimum Gasteiger partial charge on any atom is -0.493 e. The molecular weight excluding hydrogens is 306 g/mol. The first-order chi connectivity index (χ1) is 11.6. The maximum absolute atomic E-state index is 10.8. The quantitative estimate of drug-likeness (QED) is 0.743. The van der Waals surface area contributed by atoms with E-state index >= 15 is 0 Å². The predicted molar refractivity (Wildman–Crippen MR) is 89.3 cm³/mol. The summed E-state index contributed by atoms with van der Waals surface area (Å²) in [7, 11) is 0. The summed E-state index contributed by atoms with van der Waals surface area (Å²) in [5.41, 5.74) is 2.04. The largest absolute Gasteiger partial charge is 0.493 e. The topological polar surface area (TPSA) is 72.6 Å². The first kappa shape index (κ1) is 15.8. The Morgan fingerprint density at radius 1 is 1.12 bits per heavy atom. The summed E-state index contributed by atoms with van der Waals surface area (Å²) < 4.78 is 11.4. The van der Waals surface area contributed by atoms with Crippen molar-refractivity contribution in [3.63, 3.8) is 0 Å². The maximum Gasteiger partial charge on any atom is 0.335 e. The van der Waals surface area contributed by atoms with Gasteiger partial charge in [0.25, 0.3) is 0 Å². The van der Waals surface area contributed by atoms with Gasteiger partial charge in [-0.2, -0.15) is 0 Å². The highest BCUT2D eigenvalue weighted by molar-refractivity contribution is 5.87. The Morgan fingerprint density at radius 3 is 2.50 bits per heavy atom. The standard InChI is InChI=1S/C19H17NO4/c1-13-17(20-18(24-13)14-5-3-2-4-6-14)11-12-23-16-9-7-15(8-10-16)19(21)22/h2-10H,11-12H2,1H3,(H,21,22). The van der Waals surface area contributed by atoms with Crippen LogP contribution in [0, 0.1) is 6.92 Å². The number of hydrogen-bond donors (Lipinski definition) is 1. The van der Waals surface area contributed by atoms with Gasteiger partial charge in [-0.3, -0.25) is 0 Å². The van der Waals surface area contributed by atoms with Gasteiger partial charge in [-0.1, -0.05) is 18.2 Å². The highest BCUT2D eigenvalue weighted by Crippen LogP contribution is 2.22. The van der Waals surface area contributed by atoms with Crippen LogP contribution in [-0.2, 0) is 6.42 Å². The number of rotatable bonds is 6. The smallest absolute Gasteiger partial charge is 0.335 e. The van der Waals surface area contributed by atoms with E-state index in [4.69, 9.17) is 14.3 Å². The van der Waals surface area contributed by atoms with Gasteiger partial charge in [-0.25, -0.2) is 9.78 Å². The molecule has 3 rings (SSSR count). The molecule has 0 saturated heterocycles. The van der Waals surface area contributed by atoms with E-state index in [9.17, 15) is 4.79 Å². The summed E-state index contributed by atoms with van der Waals surface area (Å²) in [6.45, 7) is 2.32. The summed E-state index contributed by atoms with van der Waals surface area (Å²) in [6.07, 6.45) is 0.614. The fourth-order valence-electron chi connectivity index (χ4n) is 2.32. The minimum absolute atomic E-state index is 0.238. The molecule has 0 aliphatic carbocycles. The van der Waals surface area contributed by atoms with Crippen molar-refractivity contribution in [1.29, 1.82) is 0 Å². The van der Waals surface area contributed by atoms with Crippen LogP contribution in [0.3, 0.4) is 0 Å². The second kappa shape index (κ2) is 7.00. The van der Waals surface area contributed by atoms with Crippen molar-refractivity contribution >= 4 is 5.97 Å². The number of benzene rings is 2. The third-order valence-corrected chi connectivity index (χ3v) is 3.62. The number of oxazole rings is 1. The molecule has 0 radical (unpaired) electrons. The highest BCUT2D eigenvalue weighted by Gasteiger charge is 2.11. The Hall–Kier alpha value is -3.08. The number of hydrogen-bond acceptors (Lipinski definition) is 4. The molecule has 1 heterocycles. The average molecular weight is 323 g/mol. The van der Waals surface area contributed by atoms with E-state index < -0.39 is 5.97 Å². The van der Waals surface area contributed by atoms with Crippen LogP contribution in [0.15, 0.2) is 59.0 Å². The van der Waals surface area contributed by atoms with Crippen molar-refractivity contribution in [2.45, 2.75) is 13.3 Å². The van der Waals surface area contributed by atoms with Gasteiger partial charge in [-0.05, 0) is 43.3 Å². The molecule has 24 heavy (non-hydrogen) atoms. The van der Waals surface area contributed by atoms with Gasteiger partial charge in [0, 0.05) is 12.0 Å². The SMILES string of the molecule is Cc1oc(-c2ccccc2)nc1CCOc1ccc(C(=O)O)cc1. The molecular formula is C19H17NO4. The number of carboxylic acid groups (broad SMARTS) is 1. The Bertz CT molecular complexity index is 822. The molecule has 0 fully saturated rings. The Kier molecular flexibility index (Phi) is 4.61. The van der Waals surface area contributed by atoms with Crippen LogP contribution < -0.4 is 4.74 Å². The lowest BCUT2D eigenvalue weighted by molar-refractivity contribution is 0.0697. The molecule has 5 heteroatoms. The molecule has 2 aromatic carbocycles. The van der Waals surface area contributed by atoms with Gasteiger partial charge in [0.15, 0.2) is 0 Å². The van der Waals surface area contributed by atoms with E-state index in [0.29, 0.717) is 24.7 Å². The highest BCUT2D eigenvalue weighted by atomic mass is 16.5. The minimum atomic E-state index is -0.951. The zero-order chi connectivity index (χ0) is 16.9. The number of carboxylic acids is 1. The van der Waals surface area contributed by atoms with Gasteiger partial charge < -0.3 is 14.3 Å². The zero-order valence-corrected chi connectivity index (χ0v) is 13.2. The maximum atomic E-state index is 10.8. The van der Waals surface area contributed by atoms with Crippen LogP contribution in [0.2, 0.25) is 0 Å². The third kappa shape index (κ3) is 3.63. The van der Waals surface area contributed by atoms with Gasteiger partial charge in [0.1, 0.15) is 11.5 Å². The third-order valence-electron chi connectivity index (χ3n) is 3.62. The van der Waals surface area contributed by atoms with Crippen LogP contribution in [0.25, 0.3) is 11.5 Å². The molecule has 0 spiro atoms. The molecule has 0 aliphatic heterocycles. The second-order valence-electron chi connectivity index (χ2n) is 5.32. The molecule has 1 aromatic heterocycles. The Balaban J connectivity index is 1.61. The monoisotopic (exact) mass is 323 g/mol. The van der Waals surface area contributed by atoms with Crippen molar-refractivity contribution in [3.8, 4) is 17.2 Å². The van der Waals surface area contributed by atoms with Crippen LogP contribution in [0.4, 0.5) is 0 Å². The molecule has 0 amide bonds. The van der Waals surface area contributed by atoms with Gasteiger partial charge in [0.05, 0.1) is 17.9 Å². The van der Waals surface area contributed by atoms with Crippen LogP contribution in [0.1, 0.15) is 21.8 Å². The summed E-state index contributed by atoms with van der Waals surface area (Å²) >= 11 is 0. The fourth-order valence-corrected chi connectivity index (χ4v) is 2.32. The van der Waals surface area contributed by atoms with E-state index in [-0.39, 0.29) is 5.56 Å². The van der Waals surface area contributed by atoms with E-state index in [0.717, 1.165) is 17.0 Å². The Morgan fingerprint density at radius 2 is 1.83 bits per heavy atom. The number of aryl methyl sites for hydroxylation is 1. The molecule has 0 atom stereocenters. The van der Waals surface area contributed by atoms with Crippen molar-refractivity contribution in [3.05, 3.63) is 71.6 Å². The number of aromatic nitrogens is 1. The molecule has 0 unspecified atom stereocenters. The van der Waals surface area contributed by atoms with Gasteiger partial charge >= 0.3 is 5.97 Å². The van der Waals surface area contributed by atoms with E-state index in [1.54, 1.807) is 12.1 Å². The molecule has 1 N–H and O–H groups in total. The van der Waals surface area contributed by atoms with Crippen LogP contribution in [-0.4, -0.2) is 22.7 Å². The number of aromatic carboxylic acids is 1. The molecule has 0 bridgehead atoms. The number of carbonyl (C=O) groups is 1. The zero-order valence-electron chi connectivity index (χ0n) is 13.2. The first-order valence-corrected chi connectivity index (χ1v) is 7.61. The average Bonchev–Trinajstić information content (AvgIpc) is 2.97. The van der Waals surface area contributed by atoms with Crippen molar-refractivity contribution in [2.75, 3.05) is 6.61 Å². The molecule has 0 saturated carbocycles. The molecule has 0 aliphatic rings.